The summed E-state index contributed by atoms with van der Waals surface area (Å²) in [6.07, 6.45) is 0. The highest BCUT2D eigenvalue weighted by Crippen LogP contribution is 2.11. The van der Waals surface area contributed by atoms with Gasteiger partial charge in [0.05, 0.1) is 18.6 Å². The van der Waals surface area contributed by atoms with Crippen LogP contribution in [-0.4, -0.2) is 28.0 Å². The van der Waals surface area contributed by atoms with Gasteiger partial charge in [0, 0.05) is 6.54 Å². The summed E-state index contributed by atoms with van der Waals surface area (Å²) in [6.45, 7) is 0.00325. The third-order valence-electron chi connectivity index (χ3n) is 3.12. The molecule has 6 nitrogen and oxygen atoms in total. The van der Waals surface area contributed by atoms with Gasteiger partial charge in [-0.2, -0.15) is 0 Å². The second-order valence-corrected chi connectivity index (χ2v) is 6.53. The molecular weight excluding hydrogens is 316 g/mol. The van der Waals surface area contributed by atoms with Crippen LogP contribution >= 0.6 is 0 Å². The van der Waals surface area contributed by atoms with Crippen molar-refractivity contribution in [3.63, 3.8) is 0 Å². The molecule has 7 heteroatoms. The molecule has 0 spiro atoms. The molecule has 2 rings (SSSR count). The fourth-order valence-corrected chi connectivity index (χ4v) is 2.85. The minimum Gasteiger partial charge on any atom is -0.497 e. The van der Waals surface area contributed by atoms with E-state index in [0.29, 0.717) is 6.54 Å². The summed E-state index contributed by atoms with van der Waals surface area (Å²) in [5.41, 5.74) is 0.894. The lowest BCUT2D eigenvalue weighted by Gasteiger charge is -2.08. The lowest BCUT2D eigenvalue weighted by atomic mass is 10.2. The summed E-state index contributed by atoms with van der Waals surface area (Å²) < 4.78 is 31.3. The Bertz CT molecular complexity index is 743. The predicted molar refractivity (Wildman–Crippen MR) is 86.5 cm³/mol. The molecular formula is C16H18N2O4S. The third kappa shape index (κ3) is 5.08. The number of ether oxygens (including phenoxy) is 1. The van der Waals surface area contributed by atoms with Crippen LogP contribution in [0.25, 0.3) is 0 Å². The summed E-state index contributed by atoms with van der Waals surface area (Å²) in [4.78, 5) is 11.9. The molecule has 0 unspecified atom stereocenters. The fourth-order valence-electron chi connectivity index (χ4n) is 1.85. The van der Waals surface area contributed by atoms with Gasteiger partial charge in [0.2, 0.25) is 15.9 Å². The molecule has 2 N–H and O–H groups in total. The standard InChI is InChI=1S/C16H18N2O4S/c1-22-14-9-7-13(8-10-14)11-17-16(19)12-18-23(20,21)15-5-3-2-4-6-15/h2-10,18H,11-12H2,1H3,(H,17,19). The fraction of sp³-hybridized carbons (Fsp3) is 0.188. The molecule has 122 valence electrons. The molecule has 2 aromatic carbocycles. The zero-order valence-corrected chi connectivity index (χ0v) is 13.5. The first-order valence-electron chi connectivity index (χ1n) is 6.95. The van der Waals surface area contributed by atoms with E-state index in [1.165, 1.54) is 12.1 Å². The van der Waals surface area contributed by atoms with Crippen LogP contribution in [0.3, 0.4) is 0 Å². The van der Waals surface area contributed by atoms with Crippen molar-refractivity contribution < 1.29 is 17.9 Å². The molecule has 0 aliphatic rings. The van der Waals surface area contributed by atoms with Crippen molar-refractivity contribution in [2.45, 2.75) is 11.4 Å². The molecule has 0 saturated carbocycles. The molecule has 1 amide bonds. The Morgan fingerprint density at radius 2 is 1.70 bits per heavy atom. The first kappa shape index (κ1) is 17.0. The summed E-state index contributed by atoms with van der Waals surface area (Å²) in [7, 11) is -2.10. The van der Waals surface area contributed by atoms with Gasteiger partial charge in [-0.1, -0.05) is 30.3 Å². The van der Waals surface area contributed by atoms with E-state index in [9.17, 15) is 13.2 Å². The van der Waals surface area contributed by atoms with Crippen molar-refractivity contribution in [1.82, 2.24) is 10.0 Å². The van der Waals surface area contributed by atoms with Gasteiger partial charge in [-0.05, 0) is 29.8 Å². The van der Waals surface area contributed by atoms with E-state index >= 15 is 0 Å². The lowest BCUT2D eigenvalue weighted by molar-refractivity contribution is -0.120. The predicted octanol–water partition coefficient (Wildman–Crippen LogP) is 1.29. The lowest BCUT2D eigenvalue weighted by Crippen LogP contribution is -2.36. The molecule has 23 heavy (non-hydrogen) atoms. The van der Waals surface area contributed by atoms with E-state index < -0.39 is 15.9 Å². The number of carbonyl (C=O) groups is 1. The molecule has 0 atom stereocenters. The second kappa shape index (κ2) is 7.75. The maximum Gasteiger partial charge on any atom is 0.241 e. The van der Waals surface area contributed by atoms with Crippen molar-refractivity contribution in [1.29, 1.82) is 0 Å². The highest BCUT2D eigenvalue weighted by molar-refractivity contribution is 7.89. The Morgan fingerprint density at radius 3 is 2.30 bits per heavy atom. The van der Waals surface area contributed by atoms with Gasteiger partial charge in [-0.15, -0.1) is 0 Å². The van der Waals surface area contributed by atoms with E-state index in [0.717, 1.165) is 11.3 Å². The monoisotopic (exact) mass is 334 g/mol. The summed E-state index contributed by atoms with van der Waals surface area (Å²) in [5, 5.41) is 2.65. The molecule has 0 fully saturated rings. The number of sulfonamides is 1. The molecule has 0 saturated heterocycles. The average Bonchev–Trinajstić information content (AvgIpc) is 2.59. The maximum atomic E-state index is 12.0. The van der Waals surface area contributed by atoms with Gasteiger partial charge in [-0.25, -0.2) is 13.1 Å². The smallest absolute Gasteiger partial charge is 0.241 e. The van der Waals surface area contributed by atoms with E-state index in [-0.39, 0.29) is 11.4 Å². The highest BCUT2D eigenvalue weighted by atomic mass is 32.2. The van der Waals surface area contributed by atoms with Crippen molar-refractivity contribution in [3.05, 3.63) is 60.2 Å². The number of benzene rings is 2. The average molecular weight is 334 g/mol. The van der Waals surface area contributed by atoms with Crippen LogP contribution in [0.2, 0.25) is 0 Å². The first-order chi connectivity index (χ1) is 11.0. The summed E-state index contributed by atoms with van der Waals surface area (Å²) >= 11 is 0. The largest absolute Gasteiger partial charge is 0.497 e. The zero-order valence-electron chi connectivity index (χ0n) is 12.7. The molecule has 0 heterocycles. The zero-order chi connectivity index (χ0) is 16.7. The van der Waals surface area contributed by atoms with Gasteiger partial charge in [0.15, 0.2) is 0 Å². The van der Waals surface area contributed by atoms with Crippen LogP contribution in [0.1, 0.15) is 5.56 Å². The Labute approximate surface area is 135 Å². The molecule has 0 aromatic heterocycles. The Hall–Kier alpha value is -2.38. The summed E-state index contributed by atoms with van der Waals surface area (Å²) in [5.74, 6) is 0.330. The number of rotatable bonds is 7. The SMILES string of the molecule is COc1ccc(CNC(=O)CNS(=O)(=O)c2ccccc2)cc1. The van der Waals surface area contributed by atoms with Gasteiger partial charge in [-0.3, -0.25) is 4.79 Å². The number of hydrogen-bond donors (Lipinski definition) is 2. The number of carbonyl (C=O) groups excluding carboxylic acids is 1. The van der Waals surface area contributed by atoms with E-state index in [4.69, 9.17) is 4.74 Å². The minimum atomic E-state index is -3.67. The third-order valence-corrected chi connectivity index (χ3v) is 4.54. The molecule has 2 aromatic rings. The van der Waals surface area contributed by atoms with E-state index in [1.54, 1.807) is 37.4 Å². The number of amides is 1. The first-order valence-corrected chi connectivity index (χ1v) is 8.44. The Balaban J connectivity index is 1.83. The normalized spacial score (nSPS) is 11.0. The Morgan fingerprint density at radius 1 is 1.04 bits per heavy atom. The van der Waals surface area contributed by atoms with Crippen molar-refractivity contribution in [3.8, 4) is 5.75 Å². The van der Waals surface area contributed by atoms with Crippen LogP contribution in [0.15, 0.2) is 59.5 Å². The molecule has 0 radical (unpaired) electrons. The topological polar surface area (TPSA) is 84.5 Å². The maximum absolute atomic E-state index is 12.0. The van der Waals surface area contributed by atoms with Crippen LogP contribution in [0.4, 0.5) is 0 Å². The van der Waals surface area contributed by atoms with Crippen LogP contribution in [-0.2, 0) is 21.4 Å². The van der Waals surface area contributed by atoms with Gasteiger partial charge < -0.3 is 10.1 Å². The van der Waals surface area contributed by atoms with Crippen LogP contribution < -0.4 is 14.8 Å². The molecule has 0 aliphatic heterocycles. The number of hydrogen-bond acceptors (Lipinski definition) is 4. The van der Waals surface area contributed by atoms with E-state index in [2.05, 4.69) is 10.0 Å². The second-order valence-electron chi connectivity index (χ2n) is 4.76. The minimum absolute atomic E-state index is 0.128. The highest BCUT2D eigenvalue weighted by Gasteiger charge is 2.14. The molecule has 0 aliphatic carbocycles. The van der Waals surface area contributed by atoms with Crippen LogP contribution in [0, 0.1) is 0 Å². The van der Waals surface area contributed by atoms with Gasteiger partial charge >= 0.3 is 0 Å². The molecule has 0 bridgehead atoms. The quantitative estimate of drug-likeness (QED) is 0.799. The van der Waals surface area contributed by atoms with Gasteiger partial charge in [0.25, 0.3) is 0 Å². The summed E-state index contributed by atoms with van der Waals surface area (Å²) in [6, 6.07) is 15.1. The van der Waals surface area contributed by atoms with Gasteiger partial charge in [0.1, 0.15) is 5.75 Å². The van der Waals surface area contributed by atoms with Crippen LogP contribution in [0.5, 0.6) is 5.75 Å². The Kier molecular flexibility index (Phi) is 5.72. The number of methoxy groups -OCH3 is 1. The number of nitrogens with one attached hydrogen (secondary N) is 2. The van der Waals surface area contributed by atoms with Crippen molar-refractivity contribution in [2.24, 2.45) is 0 Å². The van der Waals surface area contributed by atoms with Crippen molar-refractivity contribution in [2.75, 3.05) is 13.7 Å². The van der Waals surface area contributed by atoms with Crippen molar-refractivity contribution >= 4 is 15.9 Å². The van der Waals surface area contributed by atoms with E-state index in [1.807, 2.05) is 12.1 Å².